The van der Waals surface area contributed by atoms with Crippen molar-refractivity contribution in [3.05, 3.63) is 70.5 Å². The molecule has 1 heterocycles. The maximum atomic E-state index is 13.7. The van der Waals surface area contributed by atoms with Gasteiger partial charge in [0, 0.05) is 12.8 Å². The summed E-state index contributed by atoms with van der Waals surface area (Å²) in [6.45, 7) is 0.134. The molecule has 0 spiro atoms. The molecule has 0 amide bonds. The lowest BCUT2D eigenvalue weighted by Gasteiger charge is -2.08. The summed E-state index contributed by atoms with van der Waals surface area (Å²) in [6.07, 6.45) is 0. The Labute approximate surface area is 152 Å². The second-order valence-electron chi connectivity index (χ2n) is 5.20. The Balaban J connectivity index is 1.64. The van der Waals surface area contributed by atoms with E-state index in [4.69, 9.17) is 16.3 Å². The quantitative estimate of drug-likeness (QED) is 0.584. The molecule has 0 atom stereocenters. The van der Waals surface area contributed by atoms with Crippen molar-refractivity contribution < 1.29 is 13.5 Å². The van der Waals surface area contributed by atoms with E-state index < -0.39 is 5.82 Å². The first-order chi connectivity index (χ1) is 12.0. The minimum atomic E-state index is -0.428. The van der Waals surface area contributed by atoms with Gasteiger partial charge in [0.25, 0.3) is 0 Å². The summed E-state index contributed by atoms with van der Waals surface area (Å²) in [5.41, 5.74) is 0.603. The smallest absolute Gasteiger partial charge is 0.191 e. The summed E-state index contributed by atoms with van der Waals surface area (Å²) < 4.78 is 34.0. The Morgan fingerprint density at radius 2 is 1.96 bits per heavy atom. The van der Waals surface area contributed by atoms with Crippen molar-refractivity contribution in [2.75, 3.05) is 0 Å². The molecular formula is C17H14ClF2N3OS. The van der Waals surface area contributed by atoms with Crippen molar-refractivity contribution in [2.24, 2.45) is 7.05 Å². The van der Waals surface area contributed by atoms with Crippen LogP contribution in [0.15, 0.2) is 47.6 Å². The summed E-state index contributed by atoms with van der Waals surface area (Å²) in [6, 6.07) is 10.5. The predicted molar refractivity (Wildman–Crippen MR) is 92.7 cm³/mol. The van der Waals surface area contributed by atoms with E-state index in [0.29, 0.717) is 28.0 Å². The molecule has 0 aliphatic heterocycles. The van der Waals surface area contributed by atoms with E-state index in [0.717, 1.165) is 0 Å². The third-order valence-corrected chi connectivity index (χ3v) is 4.85. The molecule has 0 N–H and O–H groups in total. The standard InChI is InChI=1S/C17H14ClF2N3OS/c1-23-16(9-24-15-7-6-12(19)8-13(15)18)21-22-17(23)25-10-11-4-2-3-5-14(11)20/h2-8H,9-10H2,1H3. The van der Waals surface area contributed by atoms with Crippen LogP contribution in [0.2, 0.25) is 5.02 Å². The van der Waals surface area contributed by atoms with E-state index in [9.17, 15) is 8.78 Å². The van der Waals surface area contributed by atoms with Gasteiger partial charge < -0.3 is 9.30 Å². The van der Waals surface area contributed by atoms with Gasteiger partial charge in [0.05, 0.1) is 5.02 Å². The number of thioether (sulfide) groups is 1. The van der Waals surface area contributed by atoms with Crippen LogP contribution in [0.5, 0.6) is 5.75 Å². The monoisotopic (exact) mass is 381 g/mol. The zero-order chi connectivity index (χ0) is 17.8. The van der Waals surface area contributed by atoms with Crippen LogP contribution in [0, 0.1) is 11.6 Å². The van der Waals surface area contributed by atoms with Crippen molar-refractivity contribution in [1.82, 2.24) is 14.8 Å². The van der Waals surface area contributed by atoms with Gasteiger partial charge in [-0.2, -0.15) is 0 Å². The van der Waals surface area contributed by atoms with Gasteiger partial charge >= 0.3 is 0 Å². The highest BCUT2D eigenvalue weighted by atomic mass is 35.5. The van der Waals surface area contributed by atoms with Crippen LogP contribution in [-0.2, 0) is 19.4 Å². The van der Waals surface area contributed by atoms with E-state index in [1.54, 1.807) is 29.8 Å². The fraction of sp³-hybridized carbons (Fsp3) is 0.176. The van der Waals surface area contributed by atoms with Gasteiger partial charge in [0.1, 0.15) is 24.0 Å². The maximum Gasteiger partial charge on any atom is 0.191 e. The van der Waals surface area contributed by atoms with E-state index in [2.05, 4.69) is 10.2 Å². The highest BCUT2D eigenvalue weighted by Gasteiger charge is 2.12. The lowest BCUT2D eigenvalue weighted by atomic mass is 10.2. The first kappa shape index (κ1) is 17.7. The largest absolute Gasteiger partial charge is 0.484 e. The third-order valence-electron chi connectivity index (χ3n) is 3.49. The van der Waals surface area contributed by atoms with Gasteiger partial charge in [-0.3, -0.25) is 0 Å². The van der Waals surface area contributed by atoms with Crippen molar-refractivity contribution in [2.45, 2.75) is 17.5 Å². The number of rotatable bonds is 6. The zero-order valence-electron chi connectivity index (χ0n) is 13.2. The summed E-state index contributed by atoms with van der Waals surface area (Å²) in [7, 11) is 1.80. The normalized spacial score (nSPS) is 10.9. The van der Waals surface area contributed by atoms with Crippen LogP contribution in [0.3, 0.4) is 0 Å². The number of benzene rings is 2. The lowest BCUT2D eigenvalue weighted by Crippen LogP contribution is -2.04. The fourth-order valence-corrected chi connectivity index (χ4v) is 3.23. The second kappa shape index (κ2) is 7.84. The molecule has 130 valence electrons. The molecule has 0 aliphatic carbocycles. The molecule has 0 radical (unpaired) electrons. The van der Waals surface area contributed by atoms with Crippen LogP contribution in [0.1, 0.15) is 11.4 Å². The van der Waals surface area contributed by atoms with Crippen LogP contribution in [-0.4, -0.2) is 14.8 Å². The first-order valence-corrected chi connectivity index (χ1v) is 8.73. The average molecular weight is 382 g/mol. The zero-order valence-corrected chi connectivity index (χ0v) is 14.8. The molecule has 25 heavy (non-hydrogen) atoms. The van der Waals surface area contributed by atoms with Crippen molar-refractivity contribution in [1.29, 1.82) is 0 Å². The fourth-order valence-electron chi connectivity index (χ4n) is 2.09. The van der Waals surface area contributed by atoms with Crippen LogP contribution in [0.4, 0.5) is 8.78 Å². The molecular weight excluding hydrogens is 368 g/mol. The Morgan fingerprint density at radius 1 is 1.16 bits per heavy atom. The van der Waals surface area contributed by atoms with E-state index in [-0.39, 0.29) is 17.4 Å². The molecule has 0 fully saturated rings. The van der Waals surface area contributed by atoms with Crippen LogP contribution >= 0.6 is 23.4 Å². The molecule has 2 aromatic carbocycles. The van der Waals surface area contributed by atoms with Crippen LogP contribution in [0.25, 0.3) is 0 Å². The highest BCUT2D eigenvalue weighted by molar-refractivity contribution is 7.98. The molecule has 3 rings (SSSR count). The molecule has 0 unspecified atom stereocenters. The molecule has 0 saturated carbocycles. The van der Waals surface area contributed by atoms with Gasteiger partial charge in [-0.15, -0.1) is 10.2 Å². The second-order valence-corrected chi connectivity index (χ2v) is 6.55. The molecule has 3 aromatic rings. The highest BCUT2D eigenvalue weighted by Crippen LogP contribution is 2.26. The number of hydrogen-bond donors (Lipinski definition) is 0. The predicted octanol–water partition coefficient (Wildman–Crippen LogP) is 4.62. The minimum absolute atomic E-state index is 0.134. The van der Waals surface area contributed by atoms with Gasteiger partial charge in [-0.1, -0.05) is 41.6 Å². The minimum Gasteiger partial charge on any atom is -0.484 e. The summed E-state index contributed by atoms with van der Waals surface area (Å²) in [5.74, 6) is 0.723. The van der Waals surface area contributed by atoms with E-state index in [1.165, 1.54) is 36.0 Å². The Bertz CT molecular complexity index is 888. The van der Waals surface area contributed by atoms with Crippen molar-refractivity contribution in [3.63, 3.8) is 0 Å². The lowest BCUT2D eigenvalue weighted by molar-refractivity contribution is 0.290. The molecule has 4 nitrogen and oxygen atoms in total. The van der Waals surface area contributed by atoms with Gasteiger partial charge in [-0.05, 0) is 29.8 Å². The van der Waals surface area contributed by atoms with E-state index in [1.807, 2.05) is 0 Å². The summed E-state index contributed by atoms with van der Waals surface area (Å²) in [4.78, 5) is 0. The van der Waals surface area contributed by atoms with E-state index >= 15 is 0 Å². The van der Waals surface area contributed by atoms with Crippen LogP contribution < -0.4 is 4.74 Å². The number of hydrogen-bond acceptors (Lipinski definition) is 4. The average Bonchev–Trinajstić information content (AvgIpc) is 2.94. The molecule has 1 aromatic heterocycles. The van der Waals surface area contributed by atoms with Crippen molar-refractivity contribution >= 4 is 23.4 Å². The van der Waals surface area contributed by atoms with Gasteiger partial charge in [0.15, 0.2) is 11.0 Å². The third kappa shape index (κ3) is 4.29. The molecule has 0 saturated heterocycles. The molecule has 0 bridgehead atoms. The number of ether oxygens (including phenoxy) is 1. The SMILES string of the molecule is Cn1c(COc2ccc(F)cc2Cl)nnc1SCc1ccccc1F. The number of aromatic nitrogens is 3. The number of halogens is 3. The summed E-state index contributed by atoms with van der Waals surface area (Å²) >= 11 is 7.31. The first-order valence-electron chi connectivity index (χ1n) is 7.37. The summed E-state index contributed by atoms with van der Waals surface area (Å²) in [5, 5.41) is 9.00. The Hall–Kier alpha value is -2.12. The Kier molecular flexibility index (Phi) is 5.55. The number of nitrogens with zero attached hydrogens (tertiary/aromatic N) is 3. The topological polar surface area (TPSA) is 39.9 Å². The Morgan fingerprint density at radius 3 is 2.72 bits per heavy atom. The molecule has 8 heteroatoms. The maximum absolute atomic E-state index is 13.7. The van der Waals surface area contributed by atoms with Crippen molar-refractivity contribution in [3.8, 4) is 5.75 Å². The molecule has 0 aliphatic rings. The van der Waals surface area contributed by atoms with Gasteiger partial charge in [-0.25, -0.2) is 8.78 Å². The van der Waals surface area contributed by atoms with Gasteiger partial charge in [0.2, 0.25) is 0 Å².